The van der Waals surface area contributed by atoms with Gasteiger partial charge in [0.2, 0.25) is 0 Å². The minimum atomic E-state index is -1.06. The lowest BCUT2D eigenvalue weighted by Gasteiger charge is -2.26. The maximum atomic E-state index is 12.0. The smallest absolute Gasteiger partial charge is 0.326 e. The highest BCUT2D eigenvalue weighted by molar-refractivity contribution is 5.83. The molecule has 3 atom stereocenters. The quantitative estimate of drug-likeness (QED) is 0.619. The van der Waals surface area contributed by atoms with Crippen LogP contribution in [0.15, 0.2) is 12.2 Å². The Hall–Kier alpha value is -1.56. The first-order valence-electron chi connectivity index (χ1n) is 6.21. The number of β-amino-alcohol motifs (C(OH)–C–C–N with tert-alkyl or cyclic N) is 1. The first kappa shape index (κ1) is 12.9. The summed E-state index contributed by atoms with van der Waals surface area (Å²) in [5.41, 5.74) is 0. The van der Waals surface area contributed by atoms with E-state index in [1.807, 2.05) is 6.08 Å². The number of rotatable bonds is 2. The molecule has 18 heavy (non-hydrogen) atoms. The Balaban J connectivity index is 1.95. The number of nitrogens with one attached hydrogen (secondary N) is 1. The number of likely N-dealkylation sites (tertiary alicyclic amines) is 1. The topological polar surface area (TPSA) is 89.9 Å². The Morgan fingerprint density at radius 2 is 2.11 bits per heavy atom. The van der Waals surface area contributed by atoms with Crippen LogP contribution in [-0.2, 0) is 4.79 Å². The largest absolute Gasteiger partial charge is 0.480 e. The lowest BCUT2D eigenvalue weighted by Crippen LogP contribution is -2.49. The van der Waals surface area contributed by atoms with Gasteiger partial charge in [0.25, 0.3) is 0 Å². The summed E-state index contributed by atoms with van der Waals surface area (Å²) in [6.07, 6.45) is 6.02. The molecule has 0 saturated carbocycles. The van der Waals surface area contributed by atoms with E-state index in [0.717, 1.165) is 19.3 Å². The van der Waals surface area contributed by atoms with E-state index >= 15 is 0 Å². The zero-order chi connectivity index (χ0) is 13.1. The van der Waals surface area contributed by atoms with Crippen molar-refractivity contribution in [3.63, 3.8) is 0 Å². The molecule has 2 amide bonds. The van der Waals surface area contributed by atoms with Gasteiger partial charge in [0.1, 0.15) is 6.04 Å². The van der Waals surface area contributed by atoms with E-state index in [4.69, 9.17) is 5.11 Å². The number of aliphatic carboxylic acids is 1. The first-order chi connectivity index (χ1) is 8.58. The fourth-order valence-corrected chi connectivity index (χ4v) is 2.45. The van der Waals surface area contributed by atoms with Crippen LogP contribution in [0, 0.1) is 0 Å². The third-order valence-corrected chi connectivity index (χ3v) is 3.42. The number of hydrogen-bond donors (Lipinski definition) is 3. The van der Waals surface area contributed by atoms with Crippen molar-refractivity contribution >= 4 is 12.0 Å². The van der Waals surface area contributed by atoms with Crippen molar-refractivity contribution in [2.24, 2.45) is 0 Å². The minimum absolute atomic E-state index is 0.0645. The van der Waals surface area contributed by atoms with Crippen LogP contribution in [0.4, 0.5) is 4.79 Å². The average Bonchev–Trinajstić information content (AvgIpc) is 2.73. The number of aliphatic hydroxyl groups excluding tert-OH is 1. The van der Waals surface area contributed by atoms with Crippen molar-refractivity contribution in [3.05, 3.63) is 12.2 Å². The molecule has 1 heterocycles. The van der Waals surface area contributed by atoms with E-state index in [2.05, 4.69) is 11.4 Å². The predicted molar refractivity (Wildman–Crippen MR) is 64.1 cm³/mol. The van der Waals surface area contributed by atoms with E-state index in [-0.39, 0.29) is 25.0 Å². The molecular formula is C12H18N2O4. The number of aliphatic hydroxyl groups is 1. The molecule has 3 N–H and O–H groups in total. The highest BCUT2D eigenvalue weighted by atomic mass is 16.4. The maximum absolute atomic E-state index is 12.0. The third-order valence-electron chi connectivity index (χ3n) is 3.42. The second-order valence-electron chi connectivity index (χ2n) is 4.83. The zero-order valence-electron chi connectivity index (χ0n) is 10.1. The maximum Gasteiger partial charge on any atom is 0.326 e. The monoisotopic (exact) mass is 254 g/mol. The number of hydrogen-bond acceptors (Lipinski definition) is 3. The van der Waals surface area contributed by atoms with Gasteiger partial charge in [-0.15, -0.1) is 0 Å². The molecule has 0 aromatic heterocycles. The van der Waals surface area contributed by atoms with Crippen molar-refractivity contribution in [3.8, 4) is 0 Å². The number of carbonyl (C=O) groups excluding carboxylic acids is 1. The highest BCUT2D eigenvalue weighted by Crippen LogP contribution is 2.19. The summed E-state index contributed by atoms with van der Waals surface area (Å²) in [6, 6.07) is -1.24. The molecule has 6 heteroatoms. The third kappa shape index (κ3) is 2.81. The highest BCUT2D eigenvalue weighted by Gasteiger charge is 2.39. The van der Waals surface area contributed by atoms with Gasteiger partial charge in [0.15, 0.2) is 0 Å². The molecule has 6 nitrogen and oxygen atoms in total. The second kappa shape index (κ2) is 5.39. The van der Waals surface area contributed by atoms with Crippen LogP contribution >= 0.6 is 0 Å². The van der Waals surface area contributed by atoms with Gasteiger partial charge in [-0.1, -0.05) is 12.2 Å². The molecule has 2 aliphatic rings. The van der Waals surface area contributed by atoms with Gasteiger partial charge < -0.3 is 20.4 Å². The minimum Gasteiger partial charge on any atom is -0.480 e. The van der Waals surface area contributed by atoms with E-state index in [0.29, 0.717) is 0 Å². The molecule has 2 rings (SSSR count). The number of amides is 2. The van der Waals surface area contributed by atoms with Crippen LogP contribution in [0.3, 0.4) is 0 Å². The van der Waals surface area contributed by atoms with Crippen LogP contribution in [-0.4, -0.2) is 51.8 Å². The summed E-state index contributed by atoms with van der Waals surface area (Å²) in [6.45, 7) is 0.0887. The van der Waals surface area contributed by atoms with Crippen molar-refractivity contribution in [2.75, 3.05) is 6.54 Å². The molecule has 1 aliphatic heterocycles. The summed E-state index contributed by atoms with van der Waals surface area (Å²) >= 11 is 0. The van der Waals surface area contributed by atoms with Gasteiger partial charge in [-0.2, -0.15) is 0 Å². The van der Waals surface area contributed by atoms with Gasteiger partial charge in [0, 0.05) is 19.0 Å². The molecule has 1 aliphatic carbocycles. The number of carbonyl (C=O) groups is 2. The summed E-state index contributed by atoms with van der Waals surface area (Å²) in [4.78, 5) is 24.2. The summed E-state index contributed by atoms with van der Waals surface area (Å²) in [5.74, 6) is -1.06. The van der Waals surface area contributed by atoms with Gasteiger partial charge in [-0.05, 0) is 19.3 Å². The molecule has 0 bridgehead atoms. The lowest BCUT2D eigenvalue weighted by atomic mass is 10.0. The van der Waals surface area contributed by atoms with E-state index < -0.39 is 18.1 Å². The Bertz CT molecular complexity index is 369. The van der Waals surface area contributed by atoms with Crippen molar-refractivity contribution in [1.82, 2.24) is 10.2 Å². The molecule has 0 aromatic rings. The lowest BCUT2D eigenvalue weighted by molar-refractivity contribution is -0.141. The van der Waals surface area contributed by atoms with E-state index in [1.54, 1.807) is 0 Å². The van der Waals surface area contributed by atoms with Crippen molar-refractivity contribution in [2.45, 2.75) is 43.9 Å². The van der Waals surface area contributed by atoms with Crippen LogP contribution in [0.25, 0.3) is 0 Å². The van der Waals surface area contributed by atoms with Crippen LogP contribution in [0.2, 0.25) is 0 Å². The number of carboxylic acid groups (broad SMARTS) is 1. The number of urea groups is 1. The molecule has 1 saturated heterocycles. The van der Waals surface area contributed by atoms with Crippen LogP contribution in [0.1, 0.15) is 25.7 Å². The number of allylic oxidation sites excluding steroid dienone is 1. The van der Waals surface area contributed by atoms with Crippen LogP contribution < -0.4 is 5.32 Å². The Morgan fingerprint density at radius 1 is 1.33 bits per heavy atom. The standard InChI is InChI=1S/C12H18N2O4/c15-9-6-10(11(16)17)14(7-9)12(18)13-8-4-2-1-3-5-8/h1-2,8-10,15H,3-7H2,(H,13,18)(H,16,17). The fraction of sp³-hybridized carbons (Fsp3) is 0.667. The summed E-state index contributed by atoms with van der Waals surface area (Å²) < 4.78 is 0. The molecule has 3 unspecified atom stereocenters. The van der Waals surface area contributed by atoms with E-state index in [1.165, 1.54) is 4.90 Å². The number of carboxylic acids is 1. The molecule has 1 fully saturated rings. The second-order valence-corrected chi connectivity index (χ2v) is 4.83. The normalized spacial score (nSPS) is 31.4. The Kier molecular flexibility index (Phi) is 3.86. The van der Waals surface area contributed by atoms with Gasteiger partial charge in [0.05, 0.1) is 6.10 Å². The van der Waals surface area contributed by atoms with Crippen molar-refractivity contribution < 1.29 is 19.8 Å². The van der Waals surface area contributed by atoms with Crippen molar-refractivity contribution in [1.29, 1.82) is 0 Å². The van der Waals surface area contributed by atoms with Gasteiger partial charge in [-0.3, -0.25) is 0 Å². The average molecular weight is 254 g/mol. The molecule has 100 valence electrons. The Morgan fingerprint density at radius 3 is 2.72 bits per heavy atom. The predicted octanol–water partition coefficient (Wildman–Crippen LogP) is 0.325. The number of nitrogens with zero attached hydrogens (tertiary/aromatic N) is 1. The first-order valence-corrected chi connectivity index (χ1v) is 6.21. The summed E-state index contributed by atoms with van der Waals surface area (Å²) in [7, 11) is 0. The molecule has 0 aromatic carbocycles. The summed E-state index contributed by atoms with van der Waals surface area (Å²) in [5, 5.41) is 21.3. The zero-order valence-corrected chi connectivity index (χ0v) is 10.1. The fourth-order valence-electron chi connectivity index (χ4n) is 2.45. The molecular weight excluding hydrogens is 236 g/mol. The molecule has 0 spiro atoms. The SMILES string of the molecule is O=C(O)C1CC(O)CN1C(=O)NC1CC=CCC1. The molecule has 0 radical (unpaired) electrons. The Labute approximate surface area is 105 Å². The van der Waals surface area contributed by atoms with Crippen LogP contribution in [0.5, 0.6) is 0 Å². The van der Waals surface area contributed by atoms with Gasteiger partial charge >= 0.3 is 12.0 Å². The van der Waals surface area contributed by atoms with Gasteiger partial charge in [-0.25, -0.2) is 9.59 Å². The van der Waals surface area contributed by atoms with E-state index in [9.17, 15) is 14.7 Å².